The maximum atomic E-state index is 6.49. The van der Waals surface area contributed by atoms with Gasteiger partial charge < -0.3 is 18.9 Å². The molecule has 1 saturated heterocycles. The first-order valence-corrected chi connectivity index (χ1v) is 12.6. The van der Waals surface area contributed by atoms with Crippen molar-refractivity contribution < 1.29 is 48.3 Å². The molecule has 0 aliphatic carbocycles. The van der Waals surface area contributed by atoms with Gasteiger partial charge in [-0.05, 0) is 31.9 Å². The van der Waals surface area contributed by atoms with Crippen LogP contribution in [0.4, 0.5) is 0 Å². The third-order valence-electron chi connectivity index (χ3n) is 6.06. The van der Waals surface area contributed by atoms with E-state index in [1.165, 1.54) is 21.3 Å². The van der Waals surface area contributed by atoms with E-state index in [9.17, 15) is 0 Å². The molecule has 0 aromatic heterocycles. The van der Waals surface area contributed by atoms with Crippen molar-refractivity contribution in [1.29, 1.82) is 0 Å². The lowest BCUT2D eigenvalue weighted by atomic mass is 9.94. The van der Waals surface area contributed by atoms with Crippen molar-refractivity contribution >= 4 is 0 Å². The third kappa shape index (κ3) is 9.06. The van der Waals surface area contributed by atoms with Crippen LogP contribution in [-0.2, 0) is 61.5 Å². The first kappa shape index (κ1) is 30.6. The minimum absolute atomic E-state index is 0.0321. The normalized spacial score (nSPS) is 23.6. The quantitative estimate of drug-likeness (QED) is 0.230. The molecule has 0 bridgehead atoms. The molecule has 0 N–H and O–H groups in total. The van der Waals surface area contributed by atoms with Crippen molar-refractivity contribution in [3.8, 4) is 0 Å². The van der Waals surface area contributed by atoms with E-state index in [4.69, 9.17) is 48.3 Å². The summed E-state index contributed by atoms with van der Waals surface area (Å²) in [5.74, 6) is -1.01. The summed E-state index contributed by atoms with van der Waals surface area (Å²) in [6.45, 7) is 6.29. The standard InChI is InChI=1S/C28H40O10/c1-20(32-17-21-13-9-7-10-14-21)24-26(33-18-22-15-11-8-12-16-22)27(36-28(2,3)35-24)25(38-31-6)23(37-30-5)19-34-29-4/h7-16,20,23-27H,17-19H2,1-6H3/t20?,23-,24+,25-,26+,27-/m0/s1. The van der Waals surface area contributed by atoms with Gasteiger partial charge in [-0.3, -0.25) is 0 Å². The van der Waals surface area contributed by atoms with E-state index >= 15 is 0 Å². The predicted molar refractivity (Wildman–Crippen MR) is 136 cm³/mol. The monoisotopic (exact) mass is 536 g/mol. The Labute approximate surface area is 224 Å². The van der Waals surface area contributed by atoms with Gasteiger partial charge in [0.15, 0.2) is 18.0 Å². The molecule has 0 amide bonds. The summed E-state index contributed by atoms with van der Waals surface area (Å²) in [6.07, 6.45) is -3.96. The highest BCUT2D eigenvalue weighted by Gasteiger charge is 2.52. The summed E-state index contributed by atoms with van der Waals surface area (Å²) in [7, 11) is 4.20. The second-order valence-electron chi connectivity index (χ2n) is 9.31. The molecule has 2 aromatic rings. The van der Waals surface area contributed by atoms with Gasteiger partial charge in [-0.1, -0.05) is 60.7 Å². The highest BCUT2D eigenvalue weighted by molar-refractivity contribution is 5.14. The van der Waals surface area contributed by atoms with Crippen LogP contribution in [0.1, 0.15) is 31.9 Å². The molecule has 38 heavy (non-hydrogen) atoms. The van der Waals surface area contributed by atoms with Gasteiger partial charge >= 0.3 is 0 Å². The molecule has 6 atom stereocenters. The zero-order chi connectivity index (χ0) is 27.4. The Morgan fingerprint density at radius 3 is 1.92 bits per heavy atom. The summed E-state index contributed by atoms with van der Waals surface area (Å²) >= 11 is 0. The number of hydrogen-bond acceptors (Lipinski definition) is 10. The van der Waals surface area contributed by atoms with Gasteiger partial charge in [0.1, 0.15) is 24.9 Å². The molecule has 10 nitrogen and oxygen atoms in total. The van der Waals surface area contributed by atoms with E-state index < -0.39 is 36.3 Å². The zero-order valence-corrected chi connectivity index (χ0v) is 22.9. The fraction of sp³-hybridized carbons (Fsp3) is 0.571. The maximum absolute atomic E-state index is 6.49. The molecule has 1 aliphatic heterocycles. The lowest BCUT2D eigenvalue weighted by Gasteiger charge is -2.49. The molecule has 212 valence electrons. The van der Waals surface area contributed by atoms with Crippen molar-refractivity contribution in [1.82, 2.24) is 0 Å². The van der Waals surface area contributed by atoms with E-state index in [1.807, 2.05) is 81.4 Å². The van der Waals surface area contributed by atoms with Crippen LogP contribution in [0, 0.1) is 0 Å². The van der Waals surface area contributed by atoms with Gasteiger partial charge in [0, 0.05) is 0 Å². The van der Waals surface area contributed by atoms with Crippen molar-refractivity contribution in [2.45, 2.75) is 76.4 Å². The van der Waals surface area contributed by atoms with Crippen LogP contribution in [0.25, 0.3) is 0 Å². The second-order valence-corrected chi connectivity index (χ2v) is 9.31. The minimum atomic E-state index is -1.01. The third-order valence-corrected chi connectivity index (χ3v) is 6.06. The van der Waals surface area contributed by atoms with Crippen molar-refractivity contribution in [3.05, 3.63) is 71.8 Å². The van der Waals surface area contributed by atoms with Crippen molar-refractivity contribution in [2.75, 3.05) is 27.9 Å². The van der Waals surface area contributed by atoms with Crippen LogP contribution in [0.15, 0.2) is 60.7 Å². The van der Waals surface area contributed by atoms with E-state index in [2.05, 4.69) is 0 Å². The van der Waals surface area contributed by atoms with Gasteiger partial charge in [-0.25, -0.2) is 29.3 Å². The van der Waals surface area contributed by atoms with Crippen molar-refractivity contribution in [2.24, 2.45) is 0 Å². The van der Waals surface area contributed by atoms with E-state index in [0.717, 1.165) is 11.1 Å². The molecule has 1 heterocycles. The molecule has 0 radical (unpaired) electrons. The summed E-state index contributed by atoms with van der Waals surface area (Å²) in [5, 5.41) is 0. The van der Waals surface area contributed by atoms with Gasteiger partial charge in [-0.15, -0.1) is 0 Å². The Hall–Kier alpha value is -1.96. The van der Waals surface area contributed by atoms with Crippen molar-refractivity contribution in [3.63, 3.8) is 0 Å². The van der Waals surface area contributed by atoms with Crippen LogP contribution in [-0.4, -0.2) is 70.3 Å². The Kier molecular flexibility index (Phi) is 12.5. The second kappa shape index (κ2) is 15.6. The average molecular weight is 537 g/mol. The number of rotatable bonds is 16. The van der Waals surface area contributed by atoms with Gasteiger partial charge in [0.25, 0.3) is 0 Å². The fourth-order valence-electron chi connectivity index (χ4n) is 4.35. The molecule has 1 fully saturated rings. The van der Waals surface area contributed by atoms with E-state index in [1.54, 1.807) is 0 Å². The molecule has 3 rings (SSSR count). The summed E-state index contributed by atoms with van der Waals surface area (Å²) in [6, 6.07) is 19.8. The molecule has 0 spiro atoms. The van der Waals surface area contributed by atoms with E-state index in [0.29, 0.717) is 13.2 Å². The Bertz CT molecular complexity index is 897. The summed E-state index contributed by atoms with van der Waals surface area (Å²) < 4.78 is 25.6. The highest BCUT2D eigenvalue weighted by Crippen LogP contribution is 2.36. The SMILES string of the molecule is COOC[C@H](OOC)[C@H](OOC)[C@@H]1OC(C)(C)O[C@H](C(C)OCc2ccccc2)[C@H]1OCc1ccccc1. The predicted octanol–water partition coefficient (Wildman–Crippen LogP) is 4.17. The molecule has 1 aliphatic rings. The zero-order valence-electron chi connectivity index (χ0n) is 22.9. The van der Waals surface area contributed by atoms with Crippen LogP contribution in [0.3, 0.4) is 0 Å². The molecule has 2 aromatic carbocycles. The fourth-order valence-corrected chi connectivity index (χ4v) is 4.35. The van der Waals surface area contributed by atoms with Gasteiger partial charge in [0.2, 0.25) is 0 Å². The molecule has 0 saturated carbocycles. The van der Waals surface area contributed by atoms with Crippen LogP contribution in [0.5, 0.6) is 0 Å². The van der Waals surface area contributed by atoms with Gasteiger partial charge in [-0.2, -0.15) is 0 Å². The molecule has 10 heteroatoms. The maximum Gasteiger partial charge on any atom is 0.164 e. The van der Waals surface area contributed by atoms with E-state index in [-0.39, 0.29) is 12.7 Å². The summed E-state index contributed by atoms with van der Waals surface area (Å²) in [5.41, 5.74) is 2.04. The van der Waals surface area contributed by atoms with Gasteiger partial charge in [0.05, 0.1) is 40.6 Å². The van der Waals surface area contributed by atoms with Crippen LogP contribution >= 0.6 is 0 Å². The number of ether oxygens (including phenoxy) is 4. The molecular formula is C28H40O10. The summed E-state index contributed by atoms with van der Waals surface area (Å²) in [4.78, 5) is 31.2. The number of hydrogen-bond donors (Lipinski definition) is 0. The first-order chi connectivity index (χ1) is 18.4. The minimum Gasteiger partial charge on any atom is -0.371 e. The van der Waals surface area contributed by atoms with Crippen LogP contribution < -0.4 is 0 Å². The van der Waals surface area contributed by atoms with Crippen LogP contribution in [0.2, 0.25) is 0 Å². The Balaban J connectivity index is 1.91. The average Bonchev–Trinajstić information content (AvgIpc) is 2.92. The smallest absolute Gasteiger partial charge is 0.164 e. The number of benzene rings is 2. The Morgan fingerprint density at radius 1 is 0.763 bits per heavy atom. The topological polar surface area (TPSA) is 92.3 Å². The highest BCUT2D eigenvalue weighted by atomic mass is 17.2. The molecular weight excluding hydrogens is 496 g/mol. The molecule has 1 unspecified atom stereocenters. The Morgan fingerprint density at radius 2 is 1.34 bits per heavy atom. The lowest BCUT2D eigenvalue weighted by Crippen LogP contribution is -2.64. The largest absolute Gasteiger partial charge is 0.371 e. The first-order valence-electron chi connectivity index (χ1n) is 12.6. The lowest BCUT2D eigenvalue weighted by molar-refractivity contribution is -0.435.